The van der Waals surface area contributed by atoms with Crippen molar-refractivity contribution in [2.75, 3.05) is 6.54 Å². The SMILES string of the molecule is Cl.NS(=O)(=O)c1ccc(CCNCc2ccc(-c3cccc(C(=O)O)c3)o2)cc1. The summed E-state index contributed by atoms with van der Waals surface area (Å²) >= 11 is 0. The molecule has 1 aromatic heterocycles. The summed E-state index contributed by atoms with van der Waals surface area (Å²) in [6.45, 7) is 1.20. The number of hydrogen-bond acceptors (Lipinski definition) is 5. The van der Waals surface area contributed by atoms with Gasteiger partial charge in [0.15, 0.2) is 0 Å². The number of nitrogens with two attached hydrogens (primary N) is 1. The molecule has 3 aromatic rings. The molecule has 0 aliphatic rings. The molecule has 2 aromatic carbocycles. The Hall–Kier alpha value is -2.65. The number of carboxylic acids is 1. The second-order valence-corrected chi connectivity index (χ2v) is 7.83. The van der Waals surface area contributed by atoms with Gasteiger partial charge in [0.2, 0.25) is 10.0 Å². The van der Waals surface area contributed by atoms with Crippen LogP contribution in [0.3, 0.4) is 0 Å². The highest BCUT2D eigenvalue weighted by Crippen LogP contribution is 2.23. The number of aromatic carboxylic acids is 1. The predicted molar refractivity (Wildman–Crippen MR) is 112 cm³/mol. The largest absolute Gasteiger partial charge is 0.478 e. The van der Waals surface area contributed by atoms with E-state index in [1.165, 1.54) is 18.2 Å². The van der Waals surface area contributed by atoms with Crippen LogP contribution in [0.15, 0.2) is 70.0 Å². The van der Waals surface area contributed by atoms with Gasteiger partial charge in [0.05, 0.1) is 17.0 Å². The van der Waals surface area contributed by atoms with Crippen LogP contribution in [0.5, 0.6) is 0 Å². The molecule has 3 rings (SSSR count). The number of nitrogens with one attached hydrogen (secondary N) is 1. The number of halogens is 1. The lowest BCUT2D eigenvalue weighted by Crippen LogP contribution is -2.16. The van der Waals surface area contributed by atoms with Crippen LogP contribution in [0.1, 0.15) is 21.7 Å². The molecule has 0 saturated heterocycles. The minimum Gasteiger partial charge on any atom is -0.478 e. The van der Waals surface area contributed by atoms with Crippen molar-refractivity contribution in [3.05, 3.63) is 77.6 Å². The number of hydrogen-bond donors (Lipinski definition) is 3. The molecule has 0 saturated carbocycles. The van der Waals surface area contributed by atoms with Crippen LogP contribution in [0, 0.1) is 0 Å². The van der Waals surface area contributed by atoms with Crippen LogP contribution in [0.4, 0.5) is 0 Å². The molecular weight excluding hydrogens is 416 g/mol. The molecule has 154 valence electrons. The van der Waals surface area contributed by atoms with E-state index < -0.39 is 16.0 Å². The molecule has 0 aliphatic heterocycles. The third-order valence-corrected chi connectivity index (χ3v) is 5.13. The maximum absolute atomic E-state index is 11.2. The zero-order chi connectivity index (χ0) is 20.1. The van der Waals surface area contributed by atoms with E-state index in [4.69, 9.17) is 14.7 Å². The summed E-state index contributed by atoms with van der Waals surface area (Å²) in [5.74, 6) is 0.367. The molecule has 0 radical (unpaired) electrons. The van der Waals surface area contributed by atoms with Crippen molar-refractivity contribution in [3.63, 3.8) is 0 Å². The summed E-state index contributed by atoms with van der Waals surface area (Å²) in [5, 5.41) is 17.4. The van der Waals surface area contributed by atoms with Gasteiger partial charge >= 0.3 is 5.97 Å². The second kappa shape index (κ2) is 9.71. The maximum Gasteiger partial charge on any atom is 0.335 e. The molecule has 0 aliphatic carbocycles. The molecule has 0 fully saturated rings. The van der Waals surface area contributed by atoms with E-state index in [1.54, 1.807) is 30.3 Å². The summed E-state index contributed by atoms with van der Waals surface area (Å²) < 4.78 is 28.3. The van der Waals surface area contributed by atoms with E-state index in [0.717, 1.165) is 17.7 Å². The number of carbonyl (C=O) groups is 1. The first-order valence-corrected chi connectivity index (χ1v) is 10.1. The van der Waals surface area contributed by atoms with Gasteiger partial charge in [0.1, 0.15) is 11.5 Å². The first kappa shape index (κ1) is 22.6. The van der Waals surface area contributed by atoms with Crippen molar-refractivity contribution in [2.24, 2.45) is 5.14 Å². The summed E-state index contributed by atoms with van der Waals surface area (Å²) in [5.41, 5.74) is 1.91. The smallest absolute Gasteiger partial charge is 0.335 e. The fraction of sp³-hybridized carbons (Fsp3) is 0.150. The monoisotopic (exact) mass is 436 g/mol. The van der Waals surface area contributed by atoms with Gasteiger partial charge in [-0.05, 0) is 54.9 Å². The number of primary sulfonamides is 1. The lowest BCUT2D eigenvalue weighted by molar-refractivity contribution is 0.0697. The number of carboxylic acid groups (broad SMARTS) is 1. The van der Waals surface area contributed by atoms with Gasteiger partial charge in [-0.25, -0.2) is 18.4 Å². The third kappa shape index (κ3) is 6.16. The first-order valence-electron chi connectivity index (χ1n) is 8.58. The van der Waals surface area contributed by atoms with Gasteiger partial charge in [0.25, 0.3) is 0 Å². The lowest BCUT2D eigenvalue weighted by Gasteiger charge is -2.05. The van der Waals surface area contributed by atoms with Crippen molar-refractivity contribution >= 4 is 28.4 Å². The van der Waals surface area contributed by atoms with E-state index in [1.807, 2.05) is 12.1 Å². The molecule has 0 bridgehead atoms. The second-order valence-electron chi connectivity index (χ2n) is 6.27. The van der Waals surface area contributed by atoms with Gasteiger partial charge in [-0.2, -0.15) is 0 Å². The quantitative estimate of drug-likeness (QED) is 0.466. The highest BCUT2D eigenvalue weighted by atomic mass is 35.5. The van der Waals surface area contributed by atoms with E-state index in [9.17, 15) is 13.2 Å². The van der Waals surface area contributed by atoms with E-state index in [2.05, 4.69) is 5.32 Å². The summed E-state index contributed by atoms with van der Waals surface area (Å²) in [4.78, 5) is 11.2. The van der Waals surface area contributed by atoms with Crippen molar-refractivity contribution < 1.29 is 22.7 Å². The standard InChI is InChI=1S/C20H20N2O5S.ClH/c21-28(25,26)18-7-4-14(5-8-18)10-11-22-13-17-6-9-19(27-17)15-2-1-3-16(12-15)20(23)24;/h1-9,12,22H,10-11,13H2,(H,23,24)(H2,21,25,26);1H. The molecule has 1 heterocycles. The number of furan rings is 1. The minimum absolute atomic E-state index is 0. The molecule has 4 N–H and O–H groups in total. The Bertz CT molecular complexity index is 1080. The minimum atomic E-state index is -3.67. The van der Waals surface area contributed by atoms with Gasteiger partial charge in [-0.3, -0.25) is 0 Å². The molecule has 9 heteroatoms. The lowest BCUT2D eigenvalue weighted by atomic mass is 10.1. The Labute approximate surface area is 175 Å². The van der Waals surface area contributed by atoms with Gasteiger partial charge in [-0.15, -0.1) is 12.4 Å². The summed E-state index contributed by atoms with van der Waals surface area (Å²) in [6, 6.07) is 16.7. The highest BCUT2D eigenvalue weighted by molar-refractivity contribution is 7.89. The Kier molecular flexibility index (Phi) is 7.58. The van der Waals surface area contributed by atoms with Crippen molar-refractivity contribution in [1.82, 2.24) is 5.32 Å². The van der Waals surface area contributed by atoms with Crippen LogP contribution in [-0.4, -0.2) is 26.0 Å². The molecule has 0 unspecified atom stereocenters. The average Bonchev–Trinajstić information content (AvgIpc) is 3.14. The first-order chi connectivity index (χ1) is 13.3. The van der Waals surface area contributed by atoms with E-state index in [0.29, 0.717) is 24.4 Å². The summed E-state index contributed by atoms with van der Waals surface area (Å²) in [6.07, 6.45) is 0.721. The third-order valence-electron chi connectivity index (χ3n) is 4.20. The van der Waals surface area contributed by atoms with Crippen LogP contribution in [-0.2, 0) is 23.0 Å². The van der Waals surface area contributed by atoms with Crippen LogP contribution in [0.2, 0.25) is 0 Å². The zero-order valence-electron chi connectivity index (χ0n) is 15.4. The fourth-order valence-corrected chi connectivity index (χ4v) is 3.24. The van der Waals surface area contributed by atoms with Gasteiger partial charge in [0, 0.05) is 5.56 Å². The van der Waals surface area contributed by atoms with Gasteiger partial charge < -0.3 is 14.8 Å². The number of rotatable bonds is 8. The van der Waals surface area contributed by atoms with Crippen molar-refractivity contribution in [3.8, 4) is 11.3 Å². The Morgan fingerprint density at radius 1 is 1.07 bits per heavy atom. The Morgan fingerprint density at radius 3 is 2.45 bits per heavy atom. The van der Waals surface area contributed by atoms with E-state index >= 15 is 0 Å². The molecule has 29 heavy (non-hydrogen) atoms. The van der Waals surface area contributed by atoms with Crippen molar-refractivity contribution in [2.45, 2.75) is 17.9 Å². The van der Waals surface area contributed by atoms with E-state index in [-0.39, 0.29) is 22.9 Å². The molecular formula is C20H21ClN2O5S. The maximum atomic E-state index is 11.2. The molecule has 0 atom stereocenters. The Morgan fingerprint density at radius 2 is 1.79 bits per heavy atom. The number of benzene rings is 2. The number of sulfonamides is 1. The Balaban J connectivity index is 0.00000300. The summed E-state index contributed by atoms with van der Waals surface area (Å²) in [7, 11) is -3.67. The van der Waals surface area contributed by atoms with Gasteiger partial charge in [-0.1, -0.05) is 24.3 Å². The molecule has 0 amide bonds. The highest BCUT2D eigenvalue weighted by Gasteiger charge is 2.09. The van der Waals surface area contributed by atoms with Crippen LogP contribution >= 0.6 is 12.4 Å². The van der Waals surface area contributed by atoms with Crippen LogP contribution in [0.25, 0.3) is 11.3 Å². The molecule has 0 spiro atoms. The topological polar surface area (TPSA) is 123 Å². The fourth-order valence-electron chi connectivity index (χ4n) is 2.72. The van der Waals surface area contributed by atoms with Crippen molar-refractivity contribution in [1.29, 1.82) is 0 Å². The molecule has 7 nitrogen and oxygen atoms in total. The average molecular weight is 437 g/mol. The zero-order valence-corrected chi connectivity index (χ0v) is 17.0. The predicted octanol–water partition coefficient (Wildman–Crippen LogP) is 3.05. The normalized spacial score (nSPS) is 11.1. The van der Waals surface area contributed by atoms with Crippen LogP contribution < -0.4 is 10.5 Å².